The van der Waals surface area contributed by atoms with Gasteiger partial charge in [0, 0.05) is 31.9 Å². The summed E-state index contributed by atoms with van der Waals surface area (Å²) in [5.74, 6) is 0.721. The lowest BCUT2D eigenvalue weighted by molar-refractivity contribution is 0.745. The highest BCUT2D eigenvalue weighted by atomic mass is 15.1. The molecule has 0 saturated carbocycles. The molecular weight excluding hydrogens is 224 g/mol. The van der Waals surface area contributed by atoms with E-state index in [1.807, 2.05) is 11.6 Å². The Morgan fingerprint density at radius 3 is 2.83 bits per heavy atom. The van der Waals surface area contributed by atoms with Crippen molar-refractivity contribution in [1.29, 1.82) is 0 Å². The molecule has 2 aromatic rings. The van der Waals surface area contributed by atoms with Crippen LogP contribution in [0.15, 0.2) is 24.5 Å². The standard InChI is InChI=1S/C14H18N4/c1-17-7-3-4-10-8-11(5-6-12(10)17)13-14(15)18(2)9-16-13/h5-6,8-9H,3-4,7,15H2,1-2H3. The van der Waals surface area contributed by atoms with E-state index in [1.54, 1.807) is 6.33 Å². The highest BCUT2D eigenvalue weighted by Gasteiger charge is 2.16. The molecule has 0 unspecified atom stereocenters. The van der Waals surface area contributed by atoms with E-state index < -0.39 is 0 Å². The number of aromatic nitrogens is 2. The fourth-order valence-corrected chi connectivity index (χ4v) is 2.59. The zero-order valence-corrected chi connectivity index (χ0v) is 10.8. The van der Waals surface area contributed by atoms with Gasteiger partial charge in [-0.15, -0.1) is 0 Å². The van der Waals surface area contributed by atoms with Crippen LogP contribution in [0, 0.1) is 0 Å². The molecule has 4 nitrogen and oxygen atoms in total. The van der Waals surface area contributed by atoms with E-state index in [2.05, 4.69) is 35.1 Å². The van der Waals surface area contributed by atoms with Crippen LogP contribution in [-0.4, -0.2) is 23.1 Å². The Labute approximate surface area is 107 Å². The van der Waals surface area contributed by atoms with E-state index in [0.717, 1.165) is 30.0 Å². The number of nitrogens with zero attached hydrogens (tertiary/aromatic N) is 3. The van der Waals surface area contributed by atoms with Crippen LogP contribution in [0.1, 0.15) is 12.0 Å². The smallest absolute Gasteiger partial charge is 0.131 e. The van der Waals surface area contributed by atoms with Crippen molar-refractivity contribution in [3.05, 3.63) is 30.1 Å². The van der Waals surface area contributed by atoms with Crippen molar-refractivity contribution in [2.45, 2.75) is 12.8 Å². The van der Waals surface area contributed by atoms with Crippen LogP contribution in [0.25, 0.3) is 11.3 Å². The van der Waals surface area contributed by atoms with Crippen LogP contribution in [0.4, 0.5) is 11.5 Å². The number of nitrogen functional groups attached to an aromatic ring is 1. The van der Waals surface area contributed by atoms with E-state index in [1.165, 1.54) is 17.7 Å². The maximum atomic E-state index is 6.03. The molecule has 1 aliphatic heterocycles. The fourth-order valence-electron chi connectivity index (χ4n) is 2.59. The minimum atomic E-state index is 0.721. The quantitative estimate of drug-likeness (QED) is 0.832. The summed E-state index contributed by atoms with van der Waals surface area (Å²) in [6.07, 6.45) is 4.11. The first-order chi connectivity index (χ1) is 8.66. The van der Waals surface area contributed by atoms with Crippen LogP contribution in [0.3, 0.4) is 0 Å². The zero-order valence-electron chi connectivity index (χ0n) is 10.8. The second-order valence-corrected chi connectivity index (χ2v) is 4.96. The summed E-state index contributed by atoms with van der Waals surface area (Å²) in [4.78, 5) is 6.69. The highest BCUT2D eigenvalue weighted by Crippen LogP contribution is 2.32. The van der Waals surface area contributed by atoms with Gasteiger partial charge in [0.2, 0.25) is 0 Å². The van der Waals surface area contributed by atoms with Gasteiger partial charge in [-0.05, 0) is 30.5 Å². The van der Waals surface area contributed by atoms with Gasteiger partial charge in [-0.1, -0.05) is 6.07 Å². The molecule has 0 aliphatic carbocycles. The third kappa shape index (κ3) is 1.65. The molecule has 0 bridgehead atoms. The molecule has 94 valence electrons. The third-order valence-corrected chi connectivity index (χ3v) is 3.69. The first kappa shape index (κ1) is 11.1. The van der Waals surface area contributed by atoms with Crippen molar-refractivity contribution >= 4 is 11.5 Å². The number of hydrogen-bond acceptors (Lipinski definition) is 3. The molecule has 0 spiro atoms. The number of imidazole rings is 1. The summed E-state index contributed by atoms with van der Waals surface area (Å²) in [7, 11) is 4.06. The van der Waals surface area contributed by atoms with E-state index in [0.29, 0.717) is 0 Å². The van der Waals surface area contributed by atoms with Crippen LogP contribution < -0.4 is 10.6 Å². The Kier molecular flexibility index (Phi) is 2.51. The Balaban J connectivity index is 2.07. The summed E-state index contributed by atoms with van der Waals surface area (Å²) in [5.41, 5.74) is 10.8. The van der Waals surface area contributed by atoms with Crippen molar-refractivity contribution in [2.75, 3.05) is 24.2 Å². The topological polar surface area (TPSA) is 47.1 Å². The Morgan fingerprint density at radius 2 is 2.11 bits per heavy atom. The van der Waals surface area contributed by atoms with Crippen molar-refractivity contribution in [1.82, 2.24) is 9.55 Å². The molecule has 0 saturated heterocycles. The van der Waals surface area contributed by atoms with Crippen molar-refractivity contribution in [2.24, 2.45) is 7.05 Å². The average molecular weight is 242 g/mol. The first-order valence-corrected chi connectivity index (χ1v) is 6.28. The molecule has 0 radical (unpaired) electrons. The number of rotatable bonds is 1. The summed E-state index contributed by atoms with van der Waals surface area (Å²) >= 11 is 0. The van der Waals surface area contributed by atoms with Crippen molar-refractivity contribution in [3.8, 4) is 11.3 Å². The SMILES string of the molecule is CN1CCCc2cc(-c3ncn(C)c3N)ccc21. The molecule has 2 heterocycles. The van der Waals surface area contributed by atoms with Gasteiger partial charge in [-0.25, -0.2) is 4.98 Å². The molecule has 4 heteroatoms. The minimum absolute atomic E-state index is 0.721. The van der Waals surface area contributed by atoms with E-state index >= 15 is 0 Å². The summed E-state index contributed by atoms with van der Waals surface area (Å²) in [6.45, 7) is 1.14. The van der Waals surface area contributed by atoms with Crippen LogP contribution in [-0.2, 0) is 13.5 Å². The normalized spacial score (nSPS) is 14.7. The molecular formula is C14H18N4. The molecule has 0 amide bonds. The second-order valence-electron chi connectivity index (χ2n) is 4.96. The van der Waals surface area contributed by atoms with Gasteiger partial charge in [-0.2, -0.15) is 0 Å². The van der Waals surface area contributed by atoms with Gasteiger partial charge in [0.15, 0.2) is 0 Å². The molecule has 18 heavy (non-hydrogen) atoms. The van der Waals surface area contributed by atoms with Crippen LogP contribution >= 0.6 is 0 Å². The van der Waals surface area contributed by atoms with E-state index in [4.69, 9.17) is 5.73 Å². The maximum Gasteiger partial charge on any atom is 0.131 e. The van der Waals surface area contributed by atoms with E-state index in [-0.39, 0.29) is 0 Å². The maximum absolute atomic E-state index is 6.03. The summed E-state index contributed by atoms with van der Waals surface area (Å²) in [6, 6.07) is 6.51. The predicted molar refractivity (Wildman–Crippen MR) is 74.6 cm³/mol. The number of fused-ring (bicyclic) bond motifs is 1. The second kappa shape index (κ2) is 4.05. The van der Waals surface area contributed by atoms with Gasteiger partial charge < -0.3 is 15.2 Å². The number of benzene rings is 1. The molecule has 1 aliphatic rings. The average Bonchev–Trinajstić information content (AvgIpc) is 2.70. The van der Waals surface area contributed by atoms with Crippen LogP contribution in [0.5, 0.6) is 0 Å². The van der Waals surface area contributed by atoms with Gasteiger partial charge >= 0.3 is 0 Å². The summed E-state index contributed by atoms with van der Waals surface area (Å²) < 4.78 is 1.85. The summed E-state index contributed by atoms with van der Waals surface area (Å²) in [5, 5.41) is 0. The van der Waals surface area contributed by atoms with E-state index in [9.17, 15) is 0 Å². The molecule has 3 rings (SSSR count). The van der Waals surface area contributed by atoms with Gasteiger partial charge in [0.25, 0.3) is 0 Å². The lowest BCUT2D eigenvalue weighted by Gasteiger charge is -2.27. The highest BCUT2D eigenvalue weighted by molar-refractivity contribution is 5.74. The van der Waals surface area contributed by atoms with Crippen molar-refractivity contribution < 1.29 is 0 Å². The first-order valence-electron chi connectivity index (χ1n) is 6.28. The Morgan fingerprint density at radius 1 is 1.28 bits per heavy atom. The monoisotopic (exact) mass is 242 g/mol. The lowest BCUT2D eigenvalue weighted by Crippen LogP contribution is -2.24. The number of nitrogens with two attached hydrogens (primary N) is 1. The largest absolute Gasteiger partial charge is 0.383 e. The van der Waals surface area contributed by atoms with Gasteiger partial charge in [0.05, 0.1) is 6.33 Å². The van der Waals surface area contributed by atoms with Gasteiger partial charge in [-0.3, -0.25) is 0 Å². The number of aryl methyl sites for hydroxylation is 2. The molecule has 1 aromatic carbocycles. The lowest BCUT2D eigenvalue weighted by atomic mass is 9.98. The number of anilines is 2. The van der Waals surface area contributed by atoms with Crippen molar-refractivity contribution in [3.63, 3.8) is 0 Å². The zero-order chi connectivity index (χ0) is 12.7. The molecule has 1 aromatic heterocycles. The predicted octanol–water partition coefficient (Wildman–Crippen LogP) is 2.05. The molecule has 0 fully saturated rings. The fraction of sp³-hybridized carbons (Fsp3) is 0.357. The van der Waals surface area contributed by atoms with Gasteiger partial charge in [0.1, 0.15) is 11.5 Å². The Hall–Kier alpha value is -1.97. The number of hydrogen-bond donors (Lipinski definition) is 1. The third-order valence-electron chi connectivity index (χ3n) is 3.69. The molecule has 0 atom stereocenters. The van der Waals surface area contributed by atoms with Crippen LogP contribution in [0.2, 0.25) is 0 Å². The Bertz CT molecular complexity index is 585. The minimum Gasteiger partial charge on any atom is -0.383 e. The molecule has 2 N–H and O–H groups in total.